The van der Waals surface area contributed by atoms with E-state index >= 15 is 0 Å². The number of ether oxygens (including phenoxy) is 1. The van der Waals surface area contributed by atoms with Gasteiger partial charge in [-0.05, 0) is 74.7 Å². The summed E-state index contributed by atoms with van der Waals surface area (Å²) in [6.45, 7) is 2.43. The van der Waals surface area contributed by atoms with Crippen molar-refractivity contribution in [1.29, 1.82) is 0 Å². The van der Waals surface area contributed by atoms with Crippen molar-refractivity contribution in [2.45, 2.75) is 13.5 Å². The summed E-state index contributed by atoms with van der Waals surface area (Å²) in [5, 5.41) is 11.9. The summed E-state index contributed by atoms with van der Waals surface area (Å²) in [4.78, 5) is 27.1. The first-order chi connectivity index (χ1) is 14.5. The molecule has 5 nitrogen and oxygen atoms in total. The number of imide groups is 1. The molecule has 152 valence electrons. The third-order valence-corrected chi connectivity index (χ3v) is 6.24. The molecular weight excluding hydrogens is 466 g/mol. The second-order valence-electron chi connectivity index (χ2n) is 6.69. The molecule has 0 aliphatic carbocycles. The Balaban J connectivity index is 1.63. The van der Waals surface area contributed by atoms with Gasteiger partial charge in [-0.25, -0.2) is 0 Å². The maximum atomic E-state index is 12.9. The van der Waals surface area contributed by atoms with E-state index in [1.165, 1.54) is 4.90 Å². The molecule has 0 saturated carbocycles. The Kier molecular flexibility index (Phi) is 5.83. The normalized spacial score (nSPS) is 15.4. The number of amides is 2. The first kappa shape index (κ1) is 20.5. The molecule has 1 aliphatic rings. The number of hydrogen-bond donors (Lipinski definition) is 1. The van der Waals surface area contributed by atoms with Gasteiger partial charge in [-0.1, -0.05) is 42.5 Å². The fraction of sp³-hybridized carbons (Fsp3) is 0.130. The molecule has 0 atom stereocenters. The quantitative estimate of drug-likeness (QED) is 0.454. The van der Waals surface area contributed by atoms with Crippen molar-refractivity contribution in [3.63, 3.8) is 0 Å². The van der Waals surface area contributed by atoms with E-state index in [-0.39, 0.29) is 23.4 Å². The molecule has 0 aromatic heterocycles. The van der Waals surface area contributed by atoms with Crippen molar-refractivity contribution in [3.8, 4) is 11.5 Å². The number of rotatable bonds is 5. The number of carbonyl (C=O) groups excluding carboxylic acids is 2. The largest absolute Gasteiger partial charge is 0.503 e. The van der Waals surface area contributed by atoms with Crippen molar-refractivity contribution in [2.75, 3.05) is 6.61 Å². The molecule has 0 bridgehead atoms. The van der Waals surface area contributed by atoms with Gasteiger partial charge in [0.05, 0.1) is 22.5 Å². The minimum atomic E-state index is -0.333. The Labute approximate surface area is 186 Å². The third kappa shape index (κ3) is 3.95. The second-order valence-corrected chi connectivity index (χ2v) is 8.54. The predicted molar refractivity (Wildman–Crippen MR) is 122 cm³/mol. The number of aromatic hydroxyl groups is 1. The summed E-state index contributed by atoms with van der Waals surface area (Å²) in [5.74, 6) is -0.0220. The molecule has 3 aromatic rings. The Hall–Kier alpha value is -2.77. The molecule has 1 heterocycles. The van der Waals surface area contributed by atoms with Crippen LogP contribution in [0.4, 0.5) is 4.79 Å². The summed E-state index contributed by atoms with van der Waals surface area (Å²) < 4.78 is 5.89. The van der Waals surface area contributed by atoms with E-state index < -0.39 is 0 Å². The monoisotopic (exact) mass is 483 g/mol. The number of halogens is 1. The number of thioether (sulfide) groups is 1. The molecule has 2 amide bonds. The maximum absolute atomic E-state index is 12.9. The lowest BCUT2D eigenvalue weighted by Crippen LogP contribution is -2.27. The van der Waals surface area contributed by atoms with Crippen LogP contribution >= 0.6 is 27.7 Å². The highest BCUT2D eigenvalue weighted by atomic mass is 79.9. The fourth-order valence-corrected chi connectivity index (χ4v) is 4.63. The van der Waals surface area contributed by atoms with Crippen LogP contribution in [-0.4, -0.2) is 27.8 Å². The Bertz CT molecular complexity index is 1190. The Morgan fingerprint density at radius 2 is 1.90 bits per heavy atom. The highest BCUT2D eigenvalue weighted by Crippen LogP contribution is 2.38. The van der Waals surface area contributed by atoms with Crippen LogP contribution < -0.4 is 4.74 Å². The molecule has 1 fully saturated rings. The number of fused-ring (bicyclic) bond motifs is 1. The number of phenols is 1. The molecule has 7 heteroatoms. The zero-order valence-corrected chi connectivity index (χ0v) is 18.5. The first-order valence-corrected chi connectivity index (χ1v) is 11.0. The van der Waals surface area contributed by atoms with Crippen LogP contribution in [-0.2, 0) is 11.3 Å². The molecular formula is C23H18BrNO4S. The SMILES string of the molecule is CCOc1cc(/C=C2\SC(=O)N(Cc3cccc4ccccc34)C2=O)cc(Br)c1O. The van der Waals surface area contributed by atoms with Gasteiger partial charge in [0.25, 0.3) is 11.1 Å². The van der Waals surface area contributed by atoms with E-state index in [9.17, 15) is 14.7 Å². The smallest absolute Gasteiger partial charge is 0.293 e. The van der Waals surface area contributed by atoms with E-state index in [2.05, 4.69) is 15.9 Å². The van der Waals surface area contributed by atoms with Crippen LogP contribution in [0.5, 0.6) is 11.5 Å². The number of carbonyl (C=O) groups is 2. The zero-order valence-electron chi connectivity index (χ0n) is 16.1. The van der Waals surface area contributed by atoms with Crippen molar-refractivity contribution in [3.05, 3.63) is 75.1 Å². The van der Waals surface area contributed by atoms with E-state index in [1.807, 2.05) is 49.4 Å². The first-order valence-electron chi connectivity index (χ1n) is 9.35. The molecule has 0 unspecified atom stereocenters. The standard InChI is InChI=1S/C23H18BrNO4S/c1-2-29-19-11-14(10-18(24)21(19)26)12-20-22(27)25(23(28)30-20)13-16-8-5-7-15-6-3-4-9-17(15)16/h3-12,26H,2,13H2,1H3/b20-12-. The average Bonchev–Trinajstić information content (AvgIpc) is 2.99. The molecule has 0 spiro atoms. The number of hydrogen-bond acceptors (Lipinski definition) is 5. The van der Waals surface area contributed by atoms with Gasteiger partial charge in [-0.2, -0.15) is 0 Å². The van der Waals surface area contributed by atoms with Crippen molar-refractivity contribution >= 4 is 55.7 Å². The lowest BCUT2D eigenvalue weighted by atomic mass is 10.0. The summed E-state index contributed by atoms with van der Waals surface area (Å²) in [5.41, 5.74) is 1.57. The van der Waals surface area contributed by atoms with E-state index in [1.54, 1.807) is 18.2 Å². The molecule has 1 saturated heterocycles. The van der Waals surface area contributed by atoms with Crippen molar-refractivity contribution in [1.82, 2.24) is 4.90 Å². The van der Waals surface area contributed by atoms with Gasteiger partial charge in [-0.3, -0.25) is 14.5 Å². The minimum absolute atomic E-state index is 0.00180. The van der Waals surface area contributed by atoms with Crippen molar-refractivity contribution in [2.24, 2.45) is 0 Å². The summed E-state index contributed by atoms with van der Waals surface area (Å²) in [6, 6.07) is 17.1. The van der Waals surface area contributed by atoms with Crippen molar-refractivity contribution < 1.29 is 19.4 Å². The summed E-state index contributed by atoms with van der Waals surface area (Å²) in [7, 11) is 0. The van der Waals surface area contributed by atoms with Crippen LogP contribution in [0.2, 0.25) is 0 Å². The molecule has 1 aliphatic heterocycles. The van der Waals surface area contributed by atoms with Crippen LogP contribution in [0.25, 0.3) is 16.8 Å². The van der Waals surface area contributed by atoms with Crippen LogP contribution in [0.15, 0.2) is 64.0 Å². The van der Waals surface area contributed by atoms with E-state index in [0.717, 1.165) is 28.1 Å². The van der Waals surface area contributed by atoms with Gasteiger partial charge in [0.15, 0.2) is 11.5 Å². The highest BCUT2D eigenvalue weighted by molar-refractivity contribution is 9.10. The molecule has 4 rings (SSSR count). The van der Waals surface area contributed by atoms with Gasteiger partial charge >= 0.3 is 0 Å². The number of nitrogens with zero attached hydrogens (tertiary/aromatic N) is 1. The van der Waals surface area contributed by atoms with Gasteiger partial charge in [0, 0.05) is 0 Å². The molecule has 30 heavy (non-hydrogen) atoms. The predicted octanol–water partition coefficient (Wildman–Crippen LogP) is 5.94. The third-order valence-electron chi connectivity index (χ3n) is 4.73. The molecule has 3 aromatic carbocycles. The van der Waals surface area contributed by atoms with Crippen LogP contribution in [0, 0.1) is 0 Å². The number of benzene rings is 3. The molecule has 1 N–H and O–H groups in total. The summed E-state index contributed by atoms with van der Waals surface area (Å²) in [6.07, 6.45) is 1.64. The second kappa shape index (κ2) is 8.53. The van der Waals surface area contributed by atoms with Crippen LogP contribution in [0.3, 0.4) is 0 Å². The van der Waals surface area contributed by atoms with Gasteiger partial charge in [-0.15, -0.1) is 0 Å². The lowest BCUT2D eigenvalue weighted by molar-refractivity contribution is -0.123. The molecule has 0 radical (unpaired) electrons. The van der Waals surface area contributed by atoms with Gasteiger partial charge in [0.2, 0.25) is 0 Å². The van der Waals surface area contributed by atoms with E-state index in [0.29, 0.717) is 27.3 Å². The topological polar surface area (TPSA) is 66.8 Å². The lowest BCUT2D eigenvalue weighted by Gasteiger charge is -2.14. The Morgan fingerprint density at radius 3 is 2.70 bits per heavy atom. The van der Waals surface area contributed by atoms with Crippen LogP contribution in [0.1, 0.15) is 18.1 Å². The minimum Gasteiger partial charge on any atom is -0.503 e. The van der Waals surface area contributed by atoms with Gasteiger partial charge in [0.1, 0.15) is 0 Å². The van der Waals surface area contributed by atoms with E-state index in [4.69, 9.17) is 4.74 Å². The zero-order chi connectivity index (χ0) is 21.3. The Morgan fingerprint density at radius 1 is 1.13 bits per heavy atom. The van der Waals surface area contributed by atoms with Gasteiger partial charge < -0.3 is 9.84 Å². The number of phenolic OH excluding ortho intramolecular Hbond substituents is 1. The average molecular weight is 484 g/mol. The maximum Gasteiger partial charge on any atom is 0.293 e. The fourth-order valence-electron chi connectivity index (χ4n) is 3.33. The summed E-state index contributed by atoms with van der Waals surface area (Å²) >= 11 is 4.20. The highest BCUT2D eigenvalue weighted by Gasteiger charge is 2.35.